The van der Waals surface area contributed by atoms with E-state index in [2.05, 4.69) is 4.98 Å². The average Bonchev–Trinajstić information content (AvgIpc) is 2.77. The van der Waals surface area contributed by atoms with Crippen LogP contribution in [0.2, 0.25) is 0 Å². The van der Waals surface area contributed by atoms with Gasteiger partial charge in [0.1, 0.15) is 24.0 Å². The molecule has 0 radical (unpaired) electrons. The molecule has 1 heterocycles. The first-order valence-electron chi connectivity index (χ1n) is 5.56. The van der Waals surface area contributed by atoms with E-state index in [0.717, 1.165) is 11.9 Å². The van der Waals surface area contributed by atoms with Crippen LogP contribution in [0.25, 0.3) is 0 Å². The fourth-order valence-electron chi connectivity index (χ4n) is 1.64. The molecule has 1 aromatic carbocycles. The Kier molecular flexibility index (Phi) is 3.72. The number of benzene rings is 1. The van der Waals surface area contributed by atoms with Crippen LogP contribution < -0.4 is 4.74 Å². The smallest absolute Gasteiger partial charge is 0.153 e. The Morgan fingerprint density at radius 1 is 1.50 bits per heavy atom. The van der Waals surface area contributed by atoms with Gasteiger partial charge in [-0.1, -0.05) is 0 Å². The van der Waals surface area contributed by atoms with E-state index in [0.29, 0.717) is 25.2 Å². The molecule has 0 saturated heterocycles. The third-order valence-electron chi connectivity index (χ3n) is 2.61. The number of hydrogen-bond acceptors (Lipinski definition) is 3. The molecule has 18 heavy (non-hydrogen) atoms. The molecule has 2 aromatic rings. The molecule has 0 aliphatic carbocycles. The molecule has 1 aromatic heterocycles. The highest BCUT2D eigenvalue weighted by Crippen LogP contribution is 2.17. The van der Waals surface area contributed by atoms with Gasteiger partial charge in [-0.05, 0) is 25.1 Å². The van der Waals surface area contributed by atoms with Crippen LogP contribution in [0.4, 0.5) is 4.39 Å². The van der Waals surface area contributed by atoms with Crippen LogP contribution in [0.3, 0.4) is 0 Å². The molecule has 0 amide bonds. The van der Waals surface area contributed by atoms with Crippen molar-refractivity contribution in [1.82, 2.24) is 9.55 Å². The van der Waals surface area contributed by atoms with Gasteiger partial charge in [-0.25, -0.2) is 9.37 Å². The first-order valence-corrected chi connectivity index (χ1v) is 5.56. The Bertz CT molecular complexity index is 552. The quantitative estimate of drug-likeness (QED) is 0.762. The van der Waals surface area contributed by atoms with Gasteiger partial charge < -0.3 is 9.30 Å². The molecule has 0 aliphatic heterocycles. The number of hydrogen-bond donors (Lipinski definition) is 0. The number of aldehydes is 1. The molecule has 94 valence electrons. The van der Waals surface area contributed by atoms with Crippen molar-refractivity contribution >= 4 is 6.29 Å². The predicted molar refractivity (Wildman–Crippen MR) is 64.2 cm³/mol. The molecule has 2 rings (SSSR count). The molecular formula is C13H13FN2O2. The third-order valence-corrected chi connectivity index (χ3v) is 2.61. The molecule has 0 aliphatic rings. The Balaban J connectivity index is 1.98. The van der Waals surface area contributed by atoms with Gasteiger partial charge in [-0.2, -0.15) is 0 Å². The van der Waals surface area contributed by atoms with Crippen LogP contribution in [0.15, 0.2) is 30.6 Å². The van der Waals surface area contributed by atoms with E-state index in [1.54, 1.807) is 6.20 Å². The summed E-state index contributed by atoms with van der Waals surface area (Å²) >= 11 is 0. The molecule has 0 fully saturated rings. The lowest BCUT2D eigenvalue weighted by atomic mass is 10.2. The summed E-state index contributed by atoms with van der Waals surface area (Å²) in [7, 11) is 0. The van der Waals surface area contributed by atoms with Crippen LogP contribution in [-0.2, 0) is 6.54 Å². The molecule has 4 nitrogen and oxygen atoms in total. The monoisotopic (exact) mass is 248 g/mol. The lowest BCUT2D eigenvalue weighted by Crippen LogP contribution is -2.09. The van der Waals surface area contributed by atoms with Crippen LogP contribution >= 0.6 is 0 Å². The number of carbonyl (C=O) groups excluding carboxylic acids is 1. The molecule has 0 bridgehead atoms. The van der Waals surface area contributed by atoms with Crippen molar-refractivity contribution in [3.63, 3.8) is 0 Å². The topological polar surface area (TPSA) is 44.1 Å². The molecule has 5 heteroatoms. The standard InChI is InChI=1S/C13H13FN2O2/c1-10-15-4-5-16(10)6-7-18-13-3-2-12(14)8-11(13)9-17/h2-5,8-9H,6-7H2,1H3. The van der Waals surface area contributed by atoms with Gasteiger partial charge in [0.15, 0.2) is 6.29 Å². The predicted octanol–water partition coefficient (Wildman–Crippen LogP) is 2.22. The SMILES string of the molecule is Cc1nccn1CCOc1ccc(F)cc1C=O. The second-order valence-electron chi connectivity index (χ2n) is 3.82. The van der Waals surface area contributed by atoms with Crippen LogP contribution in [0.5, 0.6) is 5.75 Å². The first kappa shape index (κ1) is 12.3. The van der Waals surface area contributed by atoms with Crippen molar-refractivity contribution < 1.29 is 13.9 Å². The molecular weight excluding hydrogens is 235 g/mol. The fraction of sp³-hybridized carbons (Fsp3) is 0.231. The van der Waals surface area contributed by atoms with Crippen molar-refractivity contribution in [2.75, 3.05) is 6.61 Å². The number of halogens is 1. The summed E-state index contributed by atoms with van der Waals surface area (Å²) in [5.41, 5.74) is 0.220. The maximum Gasteiger partial charge on any atom is 0.153 e. The van der Waals surface area contributed by atoms with Gasteiger partial charge in [-0.15, -0.1) is 0 Å². The van der Waals surface area contributed by atoms with E-state index >= 15 is 0 Å². The zero-order valence-electron chi connectivity index (χ0n) is 9.97. The van der Waals surface area contributed by atoms with Crippen molar-refractivity contribution in [2.45, 2.75) is 13.5 Å². The molecule has 0 atom stereocenters. The zero-order valence-corrected chi connectivity index (χ0v) is 9.97. The first-order chi connectivity index (χ1) is 8.70. The normalized spacial score (nSPS) is 10.3. The second kappa shape index (κ2) is 5.44. The summed E-state index contributed by atoms with van der Waals surface area (Å²) in [6, 6.07) is 3.88. The fourth-order valence-corrected chi connectivity index (χ4v) is 1.64. The number of imidazole rings is 1. The highest BCUT2D eigenvalue weighted by Gasteiger charge is 2.05. The summed E-state index contributed by atoms with van der Waals surface area (Å²) in [5, 5.41) is 0. The maximum atomic E-state index is 12.9. The van der Waals surface area contributed by atoms with E-state index < -0.39 is 5.82 Å². The largest absolute Gasteiger partial charge is 0.491 e. The van der Waals surface area contributed by atoms with Crippen molar-refractivity contribution in [2.24, 2.45) is 0 Å². The second-order valence-corrected chi connectivity index (χ2v) is 3.82. The number of nitrogens with zero attached hydrogens (tertiary/aromatic N) is 2. The van der Waals surface area contributed by atoms with Gasteiger partial charge in [0, 0.05) is 12.4 Å². The van der Waals surface area contributed by atoms with Crippen molar-refractivity contribution in [1.29, 1.82) is 0 Å². The Labute approximate surface area is 104 Å². The third kappa shape index (κ3) is 2.74. The summed E-state index contributed by atoms with van der Waals surface area (Å²) in [6.45, 7) is 2.92. The minimum Gasteiger partial charge on any atom is -0.491 e. The summed E-state index contributed by atoms with van der Waals surface area (Å²) in [6.07, 6.45) is 4.15. The average molecular weight is 248 g/mol. The van der Waals surface area contributed by atoms with E-state index in [4.69, 9.17) is 4.74 Å². The number of ether oxygens (including phenoxy) is 1. The zero-order chi connectivity index (χ0) is 13.0. The number of aryl methyl sites for hydroxylation is 1. The lowest BCUT2D eigenvalue weighted by molar-refractivity contribution is 0.111. The molecule has 0 N–H and O–H groups in total. The highest BCUT2D eigenvalue weighted by molar-refractivity contribution is 5.79. The molecule has 0 unspecified atom stereocenters. The van der Waals surface area contributed by atoms with Gasteiger partial charge in [0.25, 0.3) is 0 Å². The van der Waals surface area contributed by atoms with Gasteiger partial charge in [0.2, 0.25) is 0 Å². The minimum absolute atomic E-state index is 0.220. The highest BCUT2D eigenvalue weighted by atomic mass is 19.1. The lowest BCUT2D eigenvalue weighted by Gasteiger charge is -2.09. The van der Waals surface area contributed by atoms with E-state index in [1.165, 1.54) is 12.1 Å². The Hall–Kier alpha value is -2.17. The van der Waals surface area contributed by atoms with Crippen LogP contribution in [-0.4, -0.2) is 22.4 Å². The van der Waals surface area contributed by atoms with Crippen molar-refractivity contribution in [3.8, 4) is 5.75 Å². The summed E-state index contributed by atoms with van der Waals surface area (Å²) in [5.74, 6) is 0.840. The van der Waals surface area contributed by atoms with Crippen LogP contribution in [0.1, 0.15) is 16.2 Å². The van der Waals surface area contributed by atoms with Crippen molar-refractivity contribution in [3.05, 3.63) is 47.8 Å². The minimum atomic E-state index is -0.449. The number of aromatic nitrogens is 2. The molecule has 0 spiro atoms. The van der Waals surface area contributed by atoms with Gasteiger partial charge in [-0.3, -0.25) is 4.79 Å². The van der Waals surface area contributed by atoms with E-state index in [1.807, 2.05) is 17.7 Å². The van der Waals surface area contributed by atoms with Gasteiger partial charge >= 0.3 is 0 Å². The molecule has 0 saturated carbocycles. The van der Waals surface area contributed by atoms with E-state index in [9.17, 15) is 9.18 Å². The summed E-state index contributed by atoms with van der Waals surface area (Å²) in [4.78, 5) is 14.9. The summed E-state index contributed by atoms with van der Waals surface area (Å²) < 4.78 is 20.3. The maximum absolute atomic E-state index is 12.9. The van der Waals surface area contributed by atoms with Crippen LogP contribution in [0, 0.1) is 12.7 Å². The van der Waals surface area contributed by atoms with E-state index in [-0.39, 0.29) is 5.56 Å². The Morgan fingerprint density at radius 2 is 2.33 bits per heavy atom. The number of carbonyl (C=O) groups is 1. The number of rotatable bonds is 5. The van der Waals surface area contributed by atoms with Gasteiger partial charge in [0.05, 0.1) is 12.1 Å². The Morgan fingerprint density at radius 3 is 3.00 bits per heavy atom.